The predicted octanol–water partition coefficient (Wildman–Crippen LogP) is 1.98. The first kappa shape index (κ1) is 14.6. The van der Waals surface area contributed by atoms with E-state index < -0.39 is 0 Å². The lowest BCUT2D eigenvalue weighted by atomic mass is 10.1. The van der Waals surface area contributed by atoms with Crippen molar-refractivity contribution in [2.24, 2.45) is 5.92 Å². The van der Waals surface area contributed by atoms with Crippen molar-refractivity contribution < 1.29 is 14.3 Å². The van der Waals surface area contributed by atoms with Crippen LogP contribution in [0.5, 0.6) is 5.88 Å². The first-order valence-corrected chi connectivity index (χ1v) is 6.87. The van der Waals surface area contributed by atoms with Crippen molar-refractivity contribution in [1.29, 1.82) is 0 Å². The molecule has 110 valence electrons. The molecule has 0 saturated carbocycles. The number of pyridine rings is 1. The average Bonchev–Trinajstić information content (AvgIpc) is 2.98. The zero-order valence-corrected chi connectivity index (χ0v) is 12.0. The third-order valence-electron chi connectivity index (χ3n) is 3.38. The van der Waals surface area contributed by atoms with Crippen molar-refractivity contribution in [3.63, 3.8) is 0 Å². The van der Waals surface area contributed by atoms with Crippen LogP contribution >= 0.6 is 0 Å². The molecule has 0 aliphatic carbocycles. The van der Waals surface area contributed by atoms with Gasteiger partial charge >= 0.3 is 6.03 Å². The van der Waals surface area contributed by atoms with Crippen molar-refractivity contribution in [3.05, 3.63) is 18.3 Å². The molecule has 1 aromatic heterocycles. The topological polar surface area (TPSA) is 63.7 Å². The average molecular weight is 279 g/mol. The minimum absolute atomic E-state index is 0.134. The van der Waals surface area contributed by atoms with Gasteiger partial charge in [0.25, 0.3) is 0 Å². The maximum absolute atomic E-state index is 12.3. The zero-order chi connectivity index (χ0) is 14.4. The van der Waals surface area contributed by atoms with Crippen LogP contribution in [-0.4, -0.2) is 49.3 Å². The van der Waals surface area contributed by atoms with E-state index in [0.717, 1.165) is 19.6 Å². The van der Waals surface area contributed by atoms with Crippen molar-refractivity contribution >= 4 is 11.7 Å². The number of aromatic nitrogens is 1. The Kier molecular flexibility index (Phi) is 5.17. The van der Waals surface area contributed by atoms with E-state index in [1.165, 1.54) is 7.11 Å². The second-order valence-electron chi connectivity index (χ2n) is 4.76. The number of methoxy groups -OCH3 is 1. The summed E-state index contributed by atoms with van der Waals surface area (Å²) in [5, 5.41) is 2.85. The van der Waals surface area contributed by atoms with Crippen molar-refractivity contribution in [2.45, 2.75) is 13.3 Å². The second kappa shape index (κ2) is 7.09. The number of nitrogens with zero attached hydrogens (tertiary/aromatic N) is 2. The monoisotopic (exact) mass is 279 g/mol. The standard InChI is InChI=1S/C14H21N3O3/c1-3-17(9-11-6-8-20-10-11)14(18)16-12-5-4-7-15-13(12)19-2/h4-5,7,11H,3,6,8-10H2,1-2H3,(H,16,18)/t11-/m1/s1. The first-order valence-electron chi connectivity index (χ1n) is 6.87. The molecule has 2 rings (SSSR count). The molecule has 0 bridgehead atoms. The smallest absolute Gasteiger partial charge is 0.321 e. The van der Waals surface area contributed by atoms with Gasteiger partial charge < -0.3 is 19.7 Å². The van der Waals surface area contributed by atoms with Crippen LogP contribution in [0.1, 0.15) is 13.3 Å². The summed E-state index contributed by atoms with van der Waals surface area (Å²) in [5.74, 6) is 0.845. The number of carbonyl (C=O) groups is 1. The number of urea groups is 1. The number of hydrogen-bond acceptors (Lipinski definition) is 4. The quantitative estimate of drug-likeness (QED) is 0.895. The van der Waals surface area contributed by atoms with Crippen LogP contribution in [0.25, 0.3) is 0 Å². The minimum Gasteiger partial charge on any atom is -0.480 e. The van der Waals surface area contributed by atoms with Crippen molar-refractivity contribution in [3.8, 4) is 5.88 Å². The van der Waals surface area contributed by atoms with E-state index in [4.69, 9.17) is 9.47 Å². The molecule has 0 spiro atoms. The van der Waals surface area contributed by atoms with Crippen molar-refractivity contribution in [1.82, 2.24) is 9.88 Å². The van der Waals surface area contributed by atoms with Gasteiger partial charge in [-0.2, -0.15) is 0 Å². The molecule has 1 aromatic rings. The molecule has 1 saturated heterocycles. The molecule has 0 radical (unpaired) electrons. The van der Waals surface area contributed by atoms with Gasteiger partial charge in [0.1, 0.15) is 5.69 Å². The summed E-state index contributed by atoms with van der Waals surface area (Å²) in [4.78, 5) is 18.1. The van der Waals surface area contributed by atoms with Crippen LogP contribution in [0.15, 0.2) is 18.3 Å². The third kappa shape index (κ3) is 3.60. The largest absolute Gasteiger partial charge is 0.480 e. The first-order chi connectivity index (χ1) is 9.74. The van der Waals surface area contributed by atoms with Gasteiger partial charge in [0.15, 0.2) is 0 Å². The molecule has 1 fully saturated rings. The molecule has 0 unspecified atom stereocenters. The van der Waals surface area contributed by atoms with Gasteiger partial charge in [-0.15, -0.1) is 0 Å². The zero-order valence-electron chi connectivity index (χ0n) is 12.0. The molecule has 1 N–H and O–H groups in total. The van der Waals surface area contributed by atoms with E-state index in [1.807, 2.05) is 6.92 Å². The Hall–Kier alpha value is -1.82. The van der Waals surface area contributed by atoms with Gasteiger partial charge in [-0.25, -0.2) is 9.78 Å². The van der Waals surface area contributed by atoms with Crippen LogP contribution in [0.4, 0.5) is 10.5 Å². The summed E-state index contributed by atoms with van der Waals surface area (Å²) >= 11 is 0. The number of ether oxygens (including phenoxy) is 2. The lowest BCUT2D eigenvalue weighted by Gasteiger charge is -2.24. The molecular weight excluding hydrogens is 258 g/mol. The normalized spacial score (nSPS) is 17.8. The summed E-state index contributed by atoms with van der Waals surface area (Å²) < 4.78 is 10.5. The summed E-state index contributed by atoms with van der Waals surface area (Å²) in [6.45, 7) is 4.87. The van der Waals surface area contributed by atoms with Crippen LogP contribution in [0, 0.1) is 5.92 Å². The minimum atomic E-state index is -0.134. The molecule has 2 heterocycles. The Labute approximate surface area is 119 Å². The lowest BCUT2D eigenvalue weighted by Crippen LogP contribution is -2.38. The number of rotatable bonds is 5. The highest BCUT2D eigenvalue weighted by molar-refractivity contribution is 5.90. The lowest BCUT2D eigenvalue weighted by molar-refractivity contribution is 0.171. The SMILES string of the molecule is CCN(C[C@H]1CCOC1)C(=O)Nc1cccnc1OC. The van der Waals surface area contributed by atoms with E-state index in [9.17, 15) is 4.79 Å². The number of nitrogens with one attached hydrogen (secondary N) is 1. The highest BCUT2D eigenvalue weighted by atomic mass is 16.5. The number of carbonyl (C=O) groups excluding carboxylic acids is 1. The molecule has 6 nitrogen and oxygen atoms in total. The second-order valence-corrected chi connectivity index (χ2v) is 4.76. The fourth-order valence-electron chi connectivity index (χ4n) is 2.24. The number of amides is 2. The molecule has 1 aliphatic heterocycles. The van der Waals surface area contributed by atoms with E-state index in [-0.39, 0.29) is 6.03 Å². The van der Waals surface area contributed by atoms with Crippen LogP contribution in [0.3, 0.4) is 0 Å². The molecule has 2 amide bonds. The highest BCUT2D eigenvalue weighted by Crippen LogP contribution is 2.21. The summed E-state index contributed by atoms with van der Waals surface area (Å²) in [6, 6.07) is 3.40. The Bertz CT molecular complexity index is 447. The maximum atomic E-state index is 12.3. The molecule has 6 heteroatoms. The fraction of sp³-hybridized carbons (Fsp3) is 0.571. The van der Waals surface area contributed by atoms with Gasteiger partial charge in [0, 0.05) is 31.8 Å². The van der Waals surface area contributed by atoms with Gasteiger partial charge in [0.2, 0.25) is 5.88 Å². The molecule has 1 aliphatic rings. The van der Waals surface area contributed by atoms with Gasteiger partial charge in [-0.1, -0.05) is 0 Å². The molecule has 1 atom stereocenters. The Morgan fingerprint density at radius 1 is 1.65 bits per heavy atom. The molecule has 0 aromatic carbocycles. The Morgan fingerprint density at radius 2 is 2.50 bits per heavy atom. The van der Waals surface area contributed by atoms with E-state index in [2.05, 4.69) is 10.3 Å². The third-order valence-corrected chi connectivity index (χ3v) is 3.38. The fourth-order valence-corrected chi connectivity index (χ4v) is 2.24. The van der Waals surface area contributed by atoms with Crippen molar-refractivity contribution in [2.75, 3.05) is 38.7 Å². The van der Waals surface area contributed by atoms with E-state index >= 15 is 0 Å². The maximum Gasteiger partial charge on any atom is 0.321 e. The Balaban J connectivity index is 1.97. The van der Waals surface area contributed by atoms with Crippen LogP contribution < -0.4 is 10.1 Å². The predicted molar refractivity (Wildman–Crippen MR) is 76.0 cm³/mol. The number of hydrogen-bond donors (Lipinski definition) is 1. The van der Waals surface area contributed by atoms with E-state index in [1.54, 1.807) is 23.2 Å². The van der Waals surface area contributed by atoms with Gasteiger partial charge in [-0.3, -0.25) is 0 Å². The molecular formula is C14H21N3O3. The Morgan fingerprint density at radius 3 is 3.15 bits per heavy atom. The summed E-state index contributed by atoms with van der Waals surface area (Å²) in [7, 11) is 1.53. The molecule has 20 heavy (non-hydrogen) atoms. The van der Waals surface area contributed by atoms with Gasteiger partial charge in [0.05, 0.1) is 13.7 Å². The summed E-state index contributed by atoms with van der Waals surface area (Å²) in [6.07, 6.45) is 2.64. The van der Waals surface area contributed by atoms with Crippen LogP contribution in [0.2, 0.25) is 0 Å². The highest BCUT2D eigenvalue weighted by Gasteiger charge is 2.22. The van der Waals surface area contributed by atoms with E-state index in [0.29, 0.717) is 30.6 Å². The number of anilines is 1. The van der Waals surface area contributed by atoms with Crippen LogP contribution in [-0.2, 0) is 4.74 Å². The van der Waals surface area contributed by atoms with Gasteiger partial charge in [-0.05, 0) is 25.5 Å². The summed E-state index contributed by atoms with van der Waals surface area (Å²) in [5.41, 5.74) is 0.584.